The standard InChI is InChI=1S/C21H14BrClF4N6O/c22-13-9-32(8-12-14(23)2-1-3-15(12)24)31-18(13)30-20(34)11-7-28-33-17(21(25,26)27)6-16(10-4-5-10)29-19(11)33/h1-3,6-7,9-10H,4-5,8H2,(H,30,31,34). The SMILES string of the molecule is O=C(Nc1nn(Cc2c(F)cccc2Cl)cc1Br)c1cnn2c(C(F)(F)F)cc(C3CC3)nc12. The van der Waals surface area contributed by atoms with Crippen molar-refractivity contribution in [3.8, 4) is 0 Å². The highest BCUT2D eigenvalue weighted by Gasteiger charge is 2.38. The van der Waals surface area contributed by atoms with Gasteiger partial charge in [-0.05, 0) is 47.0 Å². The van der Waals surface area contributed by atoms with E-state index in [-0.39, 0.29) is 45.8 Å². The van der Waals surface area contributed by atoms with Crippen molar-refractivity contribution in [2.75, 3.05) is 5.32 Å². The van der Waals surface area contributed by atoms with E-state index in [2.05, 4.69) is 36.4 Å². The first kappa shape index (κ1) is 22.8. The molecule has 0 saturated heterocycles. The van der Waals surface area contributed by atoms with E-state index in [0.717, 1.165) is 25.1 Å². The van der Waals surface area contributed by atoms with E-state index in [1.165, 1.54) is 23.0 Å². The number of amides is 1. The zero-order valence-electron chi connectivity index (χ0n) is 17.1. The van der Waals surface area contributed by atoms with E-state index in [1.54, 1.807) is 6.07 Å². The minimum Gasteiger partial charge on any atom is -0.304 e. The number of hydrogen-bond donors (Lipinski definition) is 1. The normalized spacial score (nSPS) is 14.1. The van der Waals surface area contributed by atoms with Crippen molar-refractivity contribution in [2.45, 2.75) is 31.5 Å². The van der Waals surface area contributed by atoms with Gasteiger partial charge in [0.15, 0.2) is 11.5 Å². The molecule has 13 heteroatoms. The fraction of sp³-hybridized carbons (Fsp3) is 0.238. The zero-order chi connectivity index (χ0) is 24.2. The molecule has 5 rings (SSSR count). The Labute approximate surface area is 202 Å². The molecule has 34 heavy (non-hydrogen) atoms. The van der Waals surface area contributed by atoms with Gasteiger partial charge in [-0.25, -0.2) is 13.9 Å². The van der Waals surface area contributed by atoms with E-state index in [4.69, 9.17) is 11.6 Å². The smallest absolute Gasteiger partial charge is 0.304 e. The molecule has 176 valence electrons. The maximum absolute atomic E-state index is 14.1. The van der Waals surface area contributed by atoms with Gasteiger partial charge < -0.3 is 5.32 Å². The van der Waals surface area contributed by atoms with Gasteiger partial charge >= 0.3 is 6.18 Å². The summed E-state index contributed by atoms with van der Waals surface area (Å²) in [4.78, 5) is 17.2. The molecule has 4 aromatic rings. The first-order valence-corrected chi connectivity index (χ1v) is 11.2. The molecule has 0 radical (unpaired) electrons. The number of fused-ring (bicyclic) bond motifs is 1. The van der Waals surface area contributed by atoms with Crippen LogP contribution in [0.15, 0.2) is 41.1 Å². The third-order valence-electron chi connectivity index (χ3n) is 5.35. The van der Waals surface area contributed by atoms with Crippen molar-refractivity contribution in [3.63, 3.8) is 0 Å². The maximum atomic E-state index is 14.1. The molecule has 1 amide bonds. The lowest BCUT2D eigenvalue weighted by Crippen LogP contribution is -2.16. The summed E-state index contributed by atoms with van der Waals surface area (Å²) in [5, 5.41) is 10.7. The molecule has 1 N–H and O–H groups in total. The van der Waals surface area contributed by atoms with E-state index < -0.39 is 23.6 Å². The highest BCUT2D eigenvalue weighted by molar-refractivity contribution is 9.10. The molecule has 7 nitrogen and oxygen atoms in total. The monoisotopic (exact) mass is 556 g/mol. The molecular formula is C21H14BrClF4N6O. The number of alkyl halides is 3. The van der Waals surface area contributed by atoms with Gasteiger partial charge in [-0.1, -0.05) is 17.7 Å². The summed E-state index contributed by atoms with van der Waals surface area (Å²) in [6, 6.07) is 5.27. The average molecular weight is 558 g/mol. The van der Waals surface area contributed by atoms with Crippen LogP contribution in [0.25, 0.3) is 5.65 Å². The Morgan fingerprint density at radius 2 is 2.06 bits per heavy atom. The quantitative estimate of drug-likeness (QED) is 0.321. The molecule has 3 aromatic heterocycles. The molecule has 1 fully saturated rings. The van der Waals surface area contributed by atoms with Crippen molar-refractivity contribution < 1.29 is 22.4 Å². The van der Waals surface area contributed by atoms with E-state index >= 15 is 0 Å². The predicted octanol–water partition coefficient (Wildman–Crippen LogP) is 5.68. The number of aromatic nitrogens is 5. The molecule has 0 bridgehead atoms. The summed E-state index contributed by atoms with van der Waals surface area (Å²) < 4.78 is 57.2. The number of hydrogen-bond acceptors (Lipinski definition) is 4. The van der Waals surface area contributed by atoms with E-state index in [9.17, 15) is 22.4 Å². The van der Waals surface area contributed by atoms with Crippen LogP contribution in [-0.2, 0) is 12.7 Å². The van der Waals surface area contributed by atoms with E-state index in [1.807, 2.05) is 0 Å². The largest absolute Gasteiger partial charge is 0.433 e. The van der Waals surface area contributed by atoms with Gasteiger partial charge in [0.1, 0.15) is 17.1 Å². The van der Waals surface area contributed by atoms with Crippen LogP contribution in [0.4, 0.5) is 23.4 Å². The molecule has 1 aliphatic carbocycles. The highest BCUT2D eigenvalue weighted by atomic mass is 79.9. The summed E-state index contributed by atoms with van der Waals surface area (Å²) in [5.41, 5.74) is -0.821. The van der Waals surface area contributed by atoms with Crippen molar-refractivity contribution in [3.05, 3.63) is 74.5 Å². The fourth-order valence-corrected chi connectivity index (χ4v) is 4.15. The van der Waals surface area contributed by atoms with Crippen LogP contribution in [0.2, 0.25) is 5.02 Å². The molecule has 0 aliphatic heterocycles. The van der Waals surface area contributed by atoms with Gasteiger partial charge in [0.05, 0.1) is 17.2 Å². The van der Waals surface area contributed by atoms with Crippen molar-refractivity contribution >= 4 is 44.9 Å². The summed E-state index contributed by atoms with van der Waals surface area (Å²) in [5.74, 6) is -1.22. The van der Waals surface area contributed by atoms with E-state index in [0.29, 0.717) is 8.99 Å². The average Bonchev–Trinajstić information content (AvgIpc) is 3.44. The van der Waals surface area contributed by atoms with Gasteiger partial charge in [-0.2, -0.15) is 23.4 Å². The molecule has 1 saturated carbocycles. The molecule has 3 heterocycles. The summed E-state index contributed by atoms with van der Waals surface area (Å²) in [7, 11) is 0. The number of carbonyl (C=O) groups excluding carboxylic acids is 1. The second-order valence-electron chi connectivity index (χ2n) is 7.81. The Hall–Kier alpha value is -2.99. The van der Waals surface area contributed by atoms with Crippen LogP contribution in [0.5, 0.6) is 0 Å². The number of nitrogens with zero attached hydrogens (tertiary/aromatic N) is 5. The van der Waals surface area contributed by atoms with Crippen molar-refractivity contribution in [1.82, 2.24) is 24.4 Å². The molecular weight excluding hydrogens is 544 g/mol. The number of anilines is 1. The van der Waals surface area contributed by atoms with Crippen LogP contribution in [0.3, 0.4) is 0 Å². The summed E-state index contributed by atoms with van der Waals surface area (Å²) in [6.45, 7) is -0.00204. The van der Waals surface area contributed by atoms with Gasteiger partial charge in [-0.15, -0.1) is 0 Å². The third-order valence-corrected chi connectivity index (χ3v) is 6.29. The van der Waals surface area contributed by atoms with Gasteiger partial charge in [0.2, 0.25) is 0 Å². The van der Waals surface area contributed by atoms with Gasteiger partial charge in [-0.3, -0.25) is 9.48 Å². The Balaban J connectivity index is 1.45. The summed E-state index contributed by atoms with van der Waals surface area (Å²) >= 11 is 9.33. The Kier molecular flexibility index (Phi) is 5.59. The minimum atomic E-state index is -4.67. The van der Waals surface area contributed by atoms with Gasteiger partial charge in [0.25, 0.3) is 5.91 Å². The van der Waals surface area contributed by atoms with Crippen molar-refractivity contribution in [1.29, 1.82) is 0 Å². The second-order valence-corrected chi connectivity index (χ2v) is 9.07. The lowest BCUT2D eigenvalue weighted by atomic mass is 10.2. The Bertz CT molecular complexity index is 1410. The lowest BCUT2D eigenvalue weighted by molar-refractivity contribution is -0.142. The van der Waals surface area contributed by atoms with Crippen LogP contribution in [-0.4, -0.2) is 30.3 Å². The Morgan fingerprint density at radius 3 is 2.74 bits per heavy atom. The molecule has 0 unspecified atom stereocenters. The molecule has 0 spiro atoms. The predicted molar refractivity (Wildman–Crippen MR) is 118 cm³/mol. The number of carbonyl (C=O) groups is 1. The fourth-order valence-electron chi connectivity index (χ4n) is 3.51. The number of rotatable bonds is 5. The van der Waals surface area contributed by atoms with Crippen LogP contribution in [0.1, 0.15) is 46.1 Å². The van der Waals surface area contributed by atoms with Crippen LogP contribution >= 0.6 is 27.5 Å². The maximum Gasteiger partial charge on any atom is 0.433 e. The first-order chi connectivity index (χ1) is 16.1. The second kappa shape index (κ2) is 8.35. The molecule has 1 aromatic carbocycles. The van der Waals surface area contributed by atoms with Crippen molar-refractivity contribution in [2.24, 2.45) is 0 Å². The Morgan fingerprint density at radius 1 is 1.29 bits per heavy atom. The number of benzene rings is 1. The van der Waals surface area contributed by atoms with Gasteiger partial charge in [0, 0.05) is 28.4 Å². The minimum absolute atomic E-state index is 0.00204. The highest BCUT2D eigenvalue weighted by Crippen LogP contribution is 2.41. The molecule has 1 aliphatic rings. The van der Waals surface area contributed by atoms with Crippen LogP contribution < -0.4 is 5.32 Å². The number of halogens is 6. The summed E-state index contributed by atoms with van der Waals surface area (Å²) in [6.07, 6.45) is -0.632. The lowest BCUT2D eigenvalue weighted by Gasteiger charge is -2.11. The zero-order valence-corrected chi connectivity index (χ0v) is 19.4. The first-order valence-electron chi connectivity index (χ1n) is 10.0. The number of nitrogens with one attached hydrogen (secondary N) is 1. The van der Waals surface area contributed by atoms with Crippen LogP contribution in [0, 0.1) is 5.82 Å². The topological polar surface area (TPSA) is 77.1 Å². The third kappa shape index (κ3) is 4.27. The molecule has 0 atom stereocenters.